The van der Waals surface area contributed by atoms with Crippen molar-refractivity contribution in [2.75, 3.05) is 0 Å². The molecule has 1 aliphatic carbocycles. The van der Waals surface area contributed by atoms with Crippen LogP contribution < -0.4 is 0 Å². The lowest BCUT2D eigenvalue weighted by molar-refractivity contribution is -0.170. The predicted molar refractivity (Wildman–Crippen MR) is 180 cm³/mol. The molecule has 0 aromatic rings. The van der Waals surface area contributed by atoms with Crippen molar-refractivity contribution in [3.8, 4) is 0 Å². The Bertz CT molecular complexity index is 569. The predicted octanol–water partition coefficient (Wildman–Crippen LogP) is 15.9. The maximum absolute atomic E-state index is 12.5. The molecule has 0 amide bonds. The summed E-state index contributed by atoms with van der Waals surface area (Å²) < 4.78 is 105. The van der Waals surface area contributed by atoms with Gasteiger partial charge in [-0.3, -0.25) is 0 Å². The summed E-state index contributed by atoms with van der Waals surface area (Å²) in [5, 5.41) is 0. The summed E-state index contributed by atoms with van der Waals surface area (Å²) in [4.78, 5) is 0. The normalized spacial score (nSPS) is 15.6. The second-order valence-electron chi connectivity index (χ2n) is 15.2. The molecule has 1 unspecified atom stereocenters. The van der Waals surface area contributed by atoms with Crippen LogP contribution in [0.4, 0.5) is 39.5 Å². The molecule has 45 heavy (non-hydrogen) atoms. The van der Waals surface area contributed by atoms with E-state index in [1.54, 1.807) is 6.92 Å². The highest BCUT2D eigenvalue weighted by Crippen LogP contribution is 2.35. The van der Waals surface area contributed by atoms with Crippen LogP contribution >= 0.6 is 0 Å². The second-order valence-corrected chi connectivity index (χ2v) is 15.2. The molecule has 0 aromatic heterocycles. The lowest BCUT2D eigenvalue weighted by Crippen LogP contribution is -2.23. The Morgan fingerprint density at radius 1 is 0.600 bits per heavy atom. The van der Waals surface area contributed by atoms with E-state index in [0.717, 1.165) is 25.7 Å². The monoisotopic (exact) mass is 679 g/mol. The molecule has 1 aliphatic rings. The summed E-state index contributed by atoms with van der Waals surface area (Å²) in [5.41, 5.74) is -0.417. The van der Waals surface area contributed by atoms with E-state index in [1.807, 2.05) is 20.8 Å². The zero-order chi connectivity index (χ0) is 38.0. The molecular weight excluding hydrogens is 603 g/mol. The summed E-state index contributed by atoms with van der Waals surface area (Å²) >= 11 is 0. The van der Waals surface area contributed by atoms with Gasteiger partial charge in [-0.05, 0) is 62.2 Å². The summed E-state index contributed by atoms with van der Waals surface area (Å²) in [6.45, 7) is 34.2. The van der Waals surface area contributed by atoms with Crippen LogP contribution in [-0.4, -0.2) is 23.9 Å². The van der Waals surface area contributed by atoms with Gasteiger partial charge in [0.15, 0.2) is 0 Å². The van der Waals surface area contributed by atoms with Gasteiger partial charge in [-0.1, -0.05) is 124 Å². The van der Waals surface area contributed by atoms with Crippen LogP contribution in [0.5, 0.6) is 0 Å². The topological polar surface area (TPSA) is 0 Å². The first-order valence-corrected chi connectivity index (χ1v) is 16.8. The smallest absolute Gasteiger partial charge is 0.244 e. The molecule has 0 aromatic carbocycles. The lowest BCUT2D eigenvalue weighted by atomic mass is 9.88. The Hall–Kier alpha value is -0.630. The minimum Gasteiger partial charge on any atom is -0.244 e. The molecule has 1 saturated carbocycles. The van der Waals surface area contributed by atoms with Crippen molar-refractivity contribution >= 4 is 0 Å². The molecule has 1 fully saturated rings. The van der Waals surface area contributed by atoms with Gasteiger partial charge in [-0.2, -0.15) is 26.3 Å². The van der Waals surface area contributed by atoms with Crippen LogP contribution in [0.1, 0.15) is 176 Å². The van der Waals surface area contributed by atoms with Gasteiger partial charge in [0, 0.05) is 18.8 Å². The first kappa shape index (κ1) is 56.7. The fourth-order valence-corrected chi connectivity index (χ4v) is 1.67. The summed E-state index contributed by atoms with van der Waals surface area (Å²) in [6, 6.07) is 0. The van der Waals surface area contributed by atoms with Crippen molar-refractivity contribution in [1.82, 2.24) is 0 Å². The van der Waals surface area contributed by atoms with E-state index >= 15 is 0 Å². The summed E-state index contributed by atoms with van der Waals surface area (Å²) in [5.74, 6) is -2.46. The average molecular weight is 679 g/mol. The van der Waals surface area contributed by atoms with E-state index in [2.05, 4.69) is 69.2 Å². The van der Waals surface area contributed by atoms with Gasteiger partial charge < -0.3 is 0 Å². The summed E-state index contributed by atoms with van der Waals surface area (Å²) in [7, 11) is 0. The van der Waals surface area contributed by atoms with Gasteiger partial charge in [0.05, 0.1) is 5.92 Å². The Labute approximate surface area is 274 Å². The number of halogens is 9. The highest BCUT2D eigenvalue weighted by atomic mass is 19.4. The second kappa shape index (κ2) is 28.4. The number of rotatable bonds is 4. The number of hydrogen-bond donors (Lipinski definition) is 0. The first-order chi connectivity index (χ1) is 19.6. The molecule has 0 saturated heterocycles. The quantitative estimate of drug-likeness (QED) is 0.260. The average Bonchev–Trinajstić information content (AvgIpc) is 2.84. The van der Waals surface area contributed by atoms with Crippen LogP contribution in [0.2, 0.25) is 0 Å². The van der Waals surface area contributed by atoms with Crippen LogP contribution in [0.3, 0.4) is 0 Å². The molecule has 1 atom stereocenters. The van der Waals surface area contributed by atoms with E-state index in [-0.39, 0.29) is 19.3 Å². The van der Waals surface area contributed by atoms with Gasteiger partial charge in [-0.15, -0.1) is 0 Å². The third-order valence-electron chi connectivity index (χ3n) is 6.12. The Kier molecular flexibility index (Phi) is 35.8. The van der Waals surface area contributed by atoms with E-state index < -0.39 is 35.8 Å². The molecule has 0 aliphatic heterocycles. The Morgan fingerprint density at radius 3 is 0.911 bits per heavy atom. The van der Waals surface area contributed by atoms with Crippen molar-refractivity contribution < 1.29 is 39.5 Å². The minimum absolute atomic E-state index is 0.105. The standard InChI is InChI=1S/C7H12F2.C6H13F.C5H9F3.2C5H12.C4H7F3.C4H10/c1-6-2-4-7(8,9)5-3-6;1-4-6(3,7)5-2;1-3-4(2)5(6,7)8;1-5(2,3)4;1-4-5(2)3;1-3(2)4(5,6)7;1-4(2)3/h6H,2-5H2,1H3;4-5H2,1-3H3;4H,3H2,1-2H3;1-4H3;5H,4H2,1-3H3;3H,1-2H3;4H,1-3H3. The molecule has 0 nitrogen and oxygen atoms in total. The minimum atomic E-state index is -4.00. The molecule has 9 heteroatoms. The highest BCUT2D eigenvalue weighted by Gasteiger charge is 2.34. The Balaban J connectivity index is -0.000000100. The van der Waals surface area contributed by atoms with Crippen molar-refractivity contribution in [1.29, 1.82) is 0 Å². The maximum Gasteiger partial charge on any atom is 0.391 e. The summed E-state index contributed by atoms with van der Waals surface area (Å²) in [6.07, 6.45) is -3.65. The van der Waals surface area contributed by atoms with Crippen molar-refractivity contribution in [3.63, 3.8) is 0 Å². The third-order valence-corrected chi connectivity index (χ3v) is 6.12. The number of hydrogen-bond acceptors (Lipinski definition) is 0. The molecular formula is C36H75F9. The van der Waals surface area contributed by atoms with Crippen molar-refractivity contribution in [2.24, 2.45) is 35.0 Å². The molecule has 0 radical (unpaired) electrons. The van der Waals surface area contributed by atoms with Crippen LogP contribution in [0, 0.1) is 35.0 Å². The number of alkyl halides is 9. The lowest BCUT2D eigenvalue weighted by Gasteiger charge is -2.25. The molecule has 0 spiro atoms. The van der Waals surface area contributed by atoms with Crippen LogP contribution in [0.25, 0.3) is 0 Å². The van der Waals surface area contributed by atoms with Gasteiger partial charge in [0.25, 0.3) is 0 Å². The molecule has 0 bridgehead atoms. The SMILES string of the molecule is CC(C)(C)C.CC(C)C.CC(C)C(F)(F)F.CC1CCC(F)(F)CC1.CCC(C)(F)CC.CCC(C)C.CCC(C)C(F)(F)F. The zero-order valence-electron chi connectivity index (χ0n) is 32.4. The van der Waals surface area contributed by atoms with E-state index in [1.165, 1.54) is 20.3 Å². The highest BCUT2D eigenvalue weighted by molar-refractivity contribution is 4.74. The van der Waals surface area contributed by atoms with E-state index in [0.29, 0.717) is 37.0 Å². The largest absolute Gasteiger partial charge is 0.391 e. The van der Waals surface area contributed by atoms with Gasteiger partial charge in [0.2, 0.25) is 5.92 Å². The van der Waals surface area contributed by atoms with Crippen LogP contribution in [0.15, 0.2) is 0 Å². The first-order valence-electron chi connectivity index (χ1n) is 16.8. The maximum atomic E-state index is 12.5. The molecule has 0 heterocycles. The van der Waals surface area contributed by atoms with Crippen molar-refractivity contribution in [2.45, 2.75) is 200 Å². The van der Waals surface area contributed by atoms with E-state index in [9.17, 15) is 39.5 Å². The fraction of sp³-hybridized carbons (Fsp3) is 1.00. The van der Waals surface area contributed by atoms with Gasteiger partial charge in [0.1, 0.15) is 5.67 Å². The van der Waals surface area contributed by atoms with Gasteiger partial charge in [-0.25, -0.2) is 13.2 Å². The van der Waals surface area contributed by atoms with Crippen molar-refractivity contribution in [3.05, 3.63) is 0 Å². The molecule has 1 rings (SSSR count). The van der Waals surface area contributed by atoms with Gasteiger partial charge >= 0.3 is 12.4 Å². The zero-order valence-corrected chi connectivity index (χ0v) is 32.4. The third kappa shape index (κ3) is 66.7. The fourth-order valence-electron chi connectivity index (χ4n) is 1.67. The molecule has 0 N–H and O–H groups in total. The Morgan fingerprint density at radius 2 is 0.844 bits per heavy atom. The van der Waals surface area contributed by atoms with E-state index in [4.69, 9.17) is 0 Å². The van der Waals surface area contributed by atoms with Crippen LogP contribution in [-0.2, 0) is 0 Å². The molecule has 282 valence electrons.